The van der Waals surface area contributed by atoms with Crippen molar-refractivity contribution in [3.05, 3.63) is 0 Å². The summed E-state index contributed by atoms with van der Waals surface area (Å²) < 4.78 is 5.12. The number of hydrogen-bond donors (Lipinski definition) is 2. The number of carbonyl (C=O) groups is 2. The Kier molecular flexibility index (Phi) is 4.86. The topological polar surface area (TPSA) is 78.9 Å². The first-order valence-electron chi connectivity index (χ1n) is 7.37. The summed E-state index contributed by atoms with van der Waals surface area (Å²) >= 11 is 0. The minimum atomic E-state index is -1.01. The highest BCUT2D eigenvalue weighted by Crippen LogP contribution is 2.29. The first-order valence-corrected chi connectivity index (χ1v) is 7.37. The molecule has 0 aromatic heterocycles. The van der Waals surface area contributed by atoms with Crippen molar-refractivity contribution in [2.75, 3.05) is 19.7 Å². The molecule has 0 aromatic rings. The second-order valence-electron chi connectivity index (χ2n) is 6.06. The van der Waals surface area contributed by atoms with Crippen molar-refractivity contribution in [1.29, 1.82) is 0 Å². The average molecular weight is 284 g/mol. The molecule has 1 aliphatic carbocycles. The molecule has 6 nitrogen and oxygen atoms in total. The van der Waals surface area contributed by atoms with Crippen molar-refractivity contribution in [2.24, 2.45) is 11.8 Å². The Hall–Kier alpha value is -1.30. The van der Waals surface area contributed by atoms with E-state index in [0.717, 1.165) is 19.3 Å². The van der Waals surface area contributed by atoms with Gasteiger partial charge >= 0.3 is 12.0 Å². The molecule has 2 aliphatic rings. The number of urea groups is 1. The molecule has 0 spiro atoms. The highest BCUT2D eigenvalue weighted by molar-refractivity contribution is 5.77. The number of carboxylic acid groups (broad SMARTS) is 1. The maximum absolute atomic E-state index is 12.2. The summed E-state index contributed by atoms with van der Waals surface area (Å²) in [5, 5.41) is 12.0. The van der Waals surface area contributed by atoms with Crippen molar-refractivity contribution in [3.63, 3.8) is 0 Å². The molecule has 20 heavy (non-hydrogen) atoms. The molecule has 2 fully saturated rings. The average Bonchev–Trinajstić information content (AvgIpc) is 2.43. The van der Waals surface area contributed by atoms with Crippen LogP contribution in [0.15, 0.2) is 0 Å². The predicted octanol–water partition coefficient (Wildman–Crippen LogP) is 1.31. The lowest BCUT2D eigenvalue weighted by Gasteiger charge is -2.36. The zero-order chi connectivity index (χ0) is 14.7. The summed E-state index contributed by atoms with van der Waals surface area (Å²) in [5.74, 6) is 0.316. The Morgan fingerprint density at radius 3 is 2.65 bits per heavy atom. The van der Waals surface area contributed by atoms with E-state index in [1.54, 1.807) is 4.90 Å². The van der Waals surface area contributed by atoms with E-state index in [9.17, 15) is 9.59 Å². The van der Waals surface area contributed by atoms with Gasteiger partial charge in [-0.1, -0.05) is 13.8 Å². The quantitative estimate of drug-likeness (QED) is 0.801. The van der Waals surface area contributed by atoms with Crippen LogP contribution in [0.4, 0.5) is 4.79 Å². The van der Waals surface area contributed by atoms with E-state index in [0.29, 0.717) is 18.4 Å². The van der Waals surface area contributed by atoms with Crippen LogP contribution < -0.4 is 5.32 Å². The van der Waals surface area contributed by atoms with Crippen molar-refractivity contribution < 1.29 is 19.4 Å². The van der Waals surface area contributed by atoms with Crippen molar-refractivity contribution in [2.45, 2.75) is 45.3 Å². The number of carboxylic acids is 1. The Balaban J connectivity index is 1.84. The van der Waals surface area contributed by atoms with Crippen molar-refractivity contribution >= 4 is 12.0 Å². The maximum atomic E-state index is 12.2. The summed E-state index contributed by atoms with van der Waals surface area (Å²) in [6.45, 7) is 5.33. The van der Waals surface area contributed by atoms with Crippen LogP contribution in [0.2, 0.25) is 0 Å². The molecule has 1 saturated heterocycles. The molecule has 1 saturated carbocycles. The van der Waals surface area contributed by atoms with E-state index in [2.05, 4.69) is 19.2 Å². The van der Waals surface area contributed by atoms with Gasteiger partial charge in [0.05, 0.1) is 13.2 Å². The van der Waals surface area contributed by atoms with Gasteiger partial charge in [-0.2, -0.15) is 0 Å². The smallest absolute Gasteiger partial charge is 0.334 e. The molecule has 1 heterocycles. The fraction of sp³-hybridized carbons (Fsp3) is 0.857. The zero-order valence-corrected chi connectivity index (χ0v) is 12.2. The van der Waals surface area contributed by atoms with Gasteiger partial charge in [0.1, 0.15) is 0 Å². The summed E-state index contributed by atoms with van der Waals surface area (Å²) in [7, 11) is 0. The van der Waals surface area contributed by atoms with E-state index >= 15 is 0 Å². The number of rotatable bonds is 2. The number of hydrogen-bond acceptors (Lipinski definition) is 3. The van der Waals surface area contributed by atoms with Crippen molar-refractivity contribution in [1.82, 2.24) is 10.2 Å². The number of morpholine rings is 1. The van der Waals surface area contributed by atoms with Gasteiger partial charge in [-0.25, -0.2) is 9.59 Å². The molecular weight excluding hydrogens is 260 g/mol. The van der Waals surface area contributed by atoms with E-state index in [-0.39, 0.29) is 25.2 Å². The van der Waals surface area contributed by atoms with Gasteiger partial charge in [0.15, 0.2) is 6.10 Å². The normalized spacial score (nSPS) is 34.6. The summed E-state index contributed by atoms with van der Waals surface area (Å²) in [5.41, 5.74) is 0. The fourth-order valence-corrected chi connectivity index (χ4v) is 2.93. The minimum absolute atomic E-state index is 0.125. The number of nitrogens with one attached hydrogen (secondary N) is 1. The Bertz CT molecular complexity index is 374. The van der Waals surface area contributed by atoms with Gasteiger partial charge < -0.3 is 20.1 Å². The highest BCUT2D eigenvalue weighted by Gasteiger charge is 2.31. The first kappa shape index (κ1) is 15.1. The van der Waals surface area contributed by atoms with Gasteiger partial charge in [-0.15, -0.1) is 0 Å². The Morgan fingerprint density at radius 2 is 2.00 bits per heavy atom. The van der Waals surface area contributed by atoms with Crippen molar-refractivity contribution in [3.8, 4) is 0 Å². The Morgan fingerprint density at radius 1 is 1.25 bits per heavy atom. The number of nitrogens with zero attached hydrogens (tertiary/aromatic N) is 1. The SMILES string of the molecule is CC1CCC(NC(=O)N2CCOC(C(=O)O)C2)CC1C. The molecule has 0 bridgehead atoms. The van der Waals surface area contributed by atoms with Gasteiger partial charge in [0, 0.05) is 12.6 Å². The second-order valence-corrected chi connectivity index (χ2v) is 6.06. The molecule has 2 rings (SSSR count). The predicted molar refractivity (Wildman–Crippen MR) is 73.4 cm³/mol. The van der Waals surface area contributed by atoms with E-state index in [1.165, 1.54) is 0 Å². The number of ether oxygens (including phenoxy) is 1. The lowest BCUT2D eigenvalue weighted by atomic mass is 9.79. The molecule has 0 aromatic carbocycles. The van der Waals surface area contributed by atoms with E-state index in [4.69, 9.17) is 9.84 Å². The number of amides is 2. The highest BCUT2D eigenvalue weighted by atomic mass is 16.5. The second kappa shape index (κ2) is 6.43. The van der Waals surface area contributed by atoms with E-state index < -0.39 is 12.1 Å². The maximum Gasteiger partial charge on any atom is 0.334 e. The molecule has 2 amide bonds. The van der Waals surface area contributed by atoms with Crippen LogP contribution in [0.5, 0.6) is 0 Å². The van der Waals surface area contributed by atoms with Crippen LogP contribution >= 0.6 is 0 Å². The standard InChI is InChI=1S/C14H24N2O4/c1-9-3-4-11(7-10(9)2)15-14(19)16-5-6-20-12(8-16)13(17)18/h9-12H,3-8H2,1-2H3,(H,15,19)(H,17,18). The first-order chi connectivity index (χ1) is 9.47. The molecule has 0 radical (unpaired) electrons. The van der Waals surface area contributed by atoms with Gasteiger partial charge in [0.25, 0.3) is 0 Å². The molecule has 6 heteroatoms. The molecule has 114 valence electrons. The van der Waals surface area contributed by atoms with Crippen LogP contribution in [0, 0.1) is 11.8 Å². The minimum Gasteiger partial charge on any atom is -0.479 e. The lowest BCUT2D eigenvalue weighted by molar-refractivity contribution is -0.154. The van der Waals surface area contributed by atoms with E-state index in [1.807, 2.05) is 0 Å². The van der Waals surface area contributed by atoms with Crippen LogP contribution in [0.25, 0.3) is 0 Å². The van der Waals surface area contributed by atoms with Gasteiger partial charge in [-0.05, 0) is 31.1 Å². The zero-order valence-electron chi connectivity index (χ0n) is 12.2. The fourth-order valence-electron chi connectivity index (χ4n) is 2.93. The third kappa shape index (κ3) is 3.62. The third-order valence-electron chi connectivity index (χ3n) is 4.55. The van der Waals surface area contributed by atoms with Crippen LogP contribution in [0.3, 0.4) is 0 Å². The largest absolute Gasteiger partial charge is 0.479 e. The lowest BCUT2D eigenvalue weighted by Crippen LogP contribution is -2.54. The summed E-state index contributed by atoms with van der Waals surface area (Å²) in [6, 6.07) is 0.0473. The Labute approximate surface area is 119 Å². The van der Waals surface area contributed by atoms with Gasteiger partial charge in [-0.3, -0.25) is 0 Å². The number of carbonyl (C=O) groups excluding carboxylic acids is 1. The summed E-state index contributed by atoms with van der Waals surface area (Å²) in [4.78, 5) is 24.6. The third-order valence-corrected chi connectivity index (χ3v) is 4.55. The molecule has 4 atom stereocenters. The van der Waals surface area contributed by atoms with Gasteiger partial charge in [0.2, 0.25) is 0 Å². The molecule has 1 aliphatic heterocycles. The molecule has 2 N–H and O–H groups in total. The monoisotopic (exact) mass is 284 g/mol. The van der Waals surface area contributed by atoms with Crippen LogP contribution in [-0.4, -0.2) is 53.8 Å². The van der Waals surface area contributed by atoms with Crippen LogP contribution in [0.1, 0.15) is 33.1 Å². The molecule has 4 unspecified atom stereocenters. The van der Waals surface area contributed by atoms with Crippen LogP contribution in [-0.2, 0) is 9.53 Å². The summed E-state index contributed by atoms with van der Waals surface area (Å²) in [6.07, 6.45) is 2.23. The number of aliphatic carboxylic acids is 1. The molecular formula is C14H24N2O4.